The Morgan fingerprint density at radius 2 is 2.07 bits per heavy atom. The van der Waals surface area contributed by atoms with Gasteiger partial charge in [-0.05, 0) is 44.9 Å². The first-order valence-corrected chi connectivity index (χ1v) is 10.5. The second-order valence-corrected chi connectivity index (χ2v) is 8.88. The Hall–Kier alpha value is -1.65. The van der Waals surface area contributed by atoms with Crippen molar-refractivity contribution in [2.24, 2.45) is 0 Å². The van der Waals surface area contributed by atoms with E-state index < -0.39 is 34.8 Å². The first-order valence-electron chi connectivity index (χ1n) is 9.08. The number of rotatable bonds is 7. The van der Waals surface area contributed by atoms with Gasteiger partial charge in [0.05, 0.1) is 11.5 Å². The molecule has 158 valence electrons. The summed E-state index contributed by atoms with van der Waals surface area (Å²) >= 11 is 0. The number of ether oxygens (including phenoxy) is 1. The predicted octanol–water partition coefficient (Wildman–Crippen LogP) is 2.95. The fourth-order valence-corrected chi connectivity index (χ4v) is 4.81. The molecule has 0 spiro atoms. The van der Waals surface area contributed by atoms with Crippen LogP contribution in [0.4, 0.5) is 13.2 Å². The van der Waals surface area contributed by atoms with Gasteiger partial charge < -0.3 is 10.1 Å². The van der Waals surface area contributed by atoms with Crippen LogP contribution >= 0.6 is 0 Å². The van der Waals surface area contributed by atoms with E-state index in [9.17, 15) is 26.4 Å². The zero-order valence-corrected chi connectivity index (χ0v) is 16.6. The third-order valence-corrected chi connectivity index (χ3v) is 6.47. The van der Waals surface area contributed by atoms with E-state index in [1.807, 2.05) is 6.92 Å². The van der Waals surface area contributed by atoms with Crippen molar-refractivity contribution < 1.29 is 31.1 Å². The molecule has 2 rings (SSSR count). The van der Waals surface area contributed by atoms with E-state index >= 15 is 0 Å². The molecule has 28 heavy (non-hydrogen) atoms. The minimum atomic E-state index is -4.43. The lowest BCUT2D eigenvalue weighted by Gasteiger charge is -2.32. The number of piperidine rings is 1. The Balaban J connectivity index is 2.04. The highest BCUT2D eigenvalue weighted by atomic mass is 32.2. The Labute approximate surface area is 163 Å². The van der Waals surface area contributed by atoms with Crippen LogP contribution in [-0.2, 0) is 14.8 Å². The lowest BCUT2D eigenvalue weighted by atomic mass is 10.1. The Morgan fingerprint density at radius 3 is 2.71 bits per heavy atom. The molecule has 1 amide bonds. The lowest BCUT2D eigenvalue weighted by molar-refractivity contribution is -0.174. The molecule has 0 aromatic heterocycles. The quantitative estimate of drug-likeness (QED) is 0.733. The number of carbonyl (C=O) groups excluding carboxylic acids is 1. The van der Waals surface area contributed by atoms with Gasteiger partial charge in [-0.25, -0.2) is 8.42 Å². The highest BCUT2D eigenvalue weighted by Crippen LogP contribution is 2.25. The van der Waals surface area contributed by atoms with Crippen LogP contribution < -0.4 is 5.32 Å². The summed E-state index contributed by atoms with van der Waals surface area (Å²) in [5, 5.41) is 2.51. The minimum absolute atomic E-state index is 0.0230. The third-order valence-electron chi connectivity index (χ3n) is 4.46. The standard InChI is InChI=1S/C18H25F3N2O4S/c1-13(11-27-12-18(19,20)21)22-17(24)15-7-5-8-16(10-15)28(25,26)23-9-4-3-6-14(23)2/h5,7-8,10,13-14H,3-4,6,9,11-12H2,1-2H3,(H,22,24). The van der Waals surface area contributed by atoms with Crippen molar-refractivity contribution >= 4 is 15.9 Å². The smallest absolute Gasteiger partial charge is 0.370 e. The van der Waals surface area contributed by atoms with E-state index in [0.717, 1.165) is 19.3 Å². The van der Waals surface area contributed by atoms with E-state index in [-0.39, 0.29) is 23.1 Å². The summed E-state index contributed by atoms with van der Waals surface area (Å²) in [5.41, 5.74) is 0.119. The maximum absolute atomic E-state index is 12.9. The van der Waals surface area contributed by atoms with E-state index in [4.69, 9.17) is 0 Å². The fourth-order valence-electron chi connectivity index (χ4n) is 3.06. The summed E-state index contributed by atoms with van der Waals surface area (Å²) in [5.74, 6) is -0.577. The van der Waals surface area contributed by atoms with Gasteiger partial charge in [0, 0.05) is 24.2 Å². The van der Waals surface area contributed by atoms with E-state index in [2.05, 4.69) is 10.1 Å². The Kier molecular flexibility index (Phi) is 7.46. The van der Waals surface area contributed by atoms with E-state index in [1.54, 1.807) is 0 Å². The maximum atomic E-state index is 12.9. The number of nitrogens with zero attached hydrogens (tertiary/aromatic N) is 1. The van der Waals surface area contributed by atoms with Gasteiger partial charge in [-0.3, -0.25) is 4.79 Å². The van der Waals surface area contributed by atoms with Crippen molar-refractivity contribution in [3.8, 4) is 0 Å². The average molecular weight is 422 g/mol. The molecule has 1 heterocycles. The molecule has 1 aliphatic heterocycles. The van der Waals surface area contributed by atoms with Gasteiger partial charge in [0.1, 0.15) is 6.61 Å². The molecular weight excluding hydrogens is 397 g/mol. The highest BCUT2D eigenvalue weighted by molar-refractivity contribution is 7.89. The Bertz CT molecular complexity index is 783. The number of hydrogen-bond donors (Lipinski definition) is 1. The molecule has 0 radical (unpaired) electrons. The van der Waals surface area contributed by atoms with Crippen molar-refractivity contribution in [2.75, 3.05) is 19.8 Å². The zero-order chi connectivity index (χ0) is 20.9. The van der Waals surface area contributed by atoms with Gasteiger partial charge >= 0.3 is 6.18 Å². The van der Waals surface area contributed by atoms with Crippen LogP contribution in [0, 0.1) is 0 Å². The molecule has 2 atom stereocenters. The second kappa shape index (κ2) is 9.23. The summed E-state index contributed by atoms with van der Waals surface area (Å²) in [7, 11) is -3.72. The van der Waals surface area contributed by atoms with Gasteiger partial charge in [-0.15, -0.1) is 0 Å². The molecule has 0 bridgehead atoms. The van der Waals surface area contributed by atoms with Crippen LogP contribution in [0.3, 0.4) is 0 Å². The number of hydrogen-bond acceptors (Lipinski definition) is 4. The van der Waals surface area contributed by atoms with Crippen LogP contribution in [-0.4, -0.2) is 56.6 Å². The number of benzene rings is 1. The number of amides is 1. The molecule has 1 N–H and O–H groups in total. The van der Waals surface area contributed by atoms with Crippen molar-refractivity contribution in [1.82, 2.24) is 9.62 Å². The number of sulfonamides is 1. The van der Waals surface area contributed by atoms with Crippen LogP contribution in [0.2, 0.25) is 0 Å². The largest absolute Gasteiger partial charge is 0.411 e. The fraction of sp³-hybridized carbons (Fsp3) is 0.611. The number of carbonyl (C=O) groups is 1. The van der Waals surface area contributed by atoms with E-state index in [0.29, 0.717) is 6.54 Å². The van der Waals surface area contributed by atoms with Crippen molar-refractivity contribution in [3.05, 3.63) is 29.8 Å². The average Bonchev–Trinajstić information content (AvgIpc) is 2.61. The monoisotopic (exact) mass is 422 g/mol. The highest BCUT2D eigenvalue weighted by Gasteiger charge is 2.31. The molecule has 1 aromatic rings. The predicted molar refractivity (Wildman–Crippen MR) is 97.4 cm³/mol. The molecule has 1 aromatic carbocycles. The first-order chi connectivity index (χ1) is 13.0. The molecule has 10 heteroatoms. The van der Waals surface area contributed by atoms with E-state index in [1.165, 1.54) is 35.5 Å². The summed E-state index contributed by atoms with van der Waals surface area (Å²) in [4.78, 5) is 12.4. The second-order valence-electron chi connectivity index (χ2n) is 6.99. The maximum Gasteiger partial charge on any atom is 0.411 e. The van der Waals surface area contributed by atoms with Crippen molar-refractivity contribution in [1.29, 1.82) is 0 Å². The van der Waals surface area contributed by atoms with Crippen LogP contribution in [0.25, 0.3) is 0 Å². The summed E-state index contributed by atoms with van der Waals surface area (Å²) in [6.45, 7) is 2.09. The van der Waals surface area contributed by atoms with Gasteiger partial charge in [0.2, 0.25) is 10.0 Å². The molecule has 1 aliphatic rings. The Morgan fingerprint density at radius 1 is 1.36 bits per heavy atom. The van der Waals surface area contributed by atoms with Gasteiger partial charge in [0.25, 0.3) is 5.91 Å². The molecular formula is C18H25F3N2O4S. The molecule has 6 nitrogen and oxygen atoms in total. The number of alkyl halides is 3. The lowest BCUT2D eigenvalue weighted by Crippen LogP contribution is -2.42. The molecule has 0 saturated carbocycles. The van der Waals surface area contributed by atoms with Gasteiger partial charge in [0.15, 0.2) is 0 Å². The zero-order valence-electron chi connectivity index (χ0n) is 15.8. The minimum Gasteiger partial charge on any atom is -0.370 e. The molecule has 2 unspecified atom stereocenters. The van der Waals surface area contributed by atoms with Crippen LogP contribution in [0.5, 0.6) is 0 Å². The van der Waals surface area contributed by atoms with Crippen LogP contribution in [0.15, 0.2) is 29.2 Å². The first kappa shape index (κ1) is 22.6. The summed E-state index contributed by atoms with van der Waals surface area (Å²) < 4.78 is 68.1. The topological polar surface area (TPSA) is 75.7 Å². The van der Waals surface area contributed by atoms with Crippen molar-refractivity contribution in [3.63, 3.8) is 0 Å². The summed E-state index contributed by atoms with van der Waals surface area (Å²) in [6.07, 6.45) is -1.88. The summed E-state index contributed by atoms with van der Waals surface area (Å²) in [6, 6.07) is 4.87. The SMILES string of the molecule is CC(COCC(F)(F)F)NC(=O)c1cccc(S(=O)(=O)N2CCCCC2C)c1. The number of halogens is 3. The molecule has 1 fully saturated rings. The molecule has 0 aliphatic carbocycles. The van der Waals surface area contributed by atoms with Crippen LogP contribution in [0.1, 0.15) is 43.5 Å². The third kappa shape index (κ3) is 6.18. The van der Waals surface area contributed by atoms with Gasteiger partial charge in [-0.2, -0.15) is 17.5 Å². The molecule has 1 saturated heterocycles. The number of nitrogens with one attached hydrogen (secondary N) is 1. The van der Waals surface area contributed by atoms with Crippen molar-refractivity contribution in [2.45, 2.75) is 56.3 Å². The van der Waals surface area contributed by atoms with Gasteiger partial charge in [-0.1, -0.05) is 12.5 Å². The normalized spacial score (nSPS) is 20.0.